The quantitative estimate of drug-likeness (QED) is 0.0531. The second kappa shape index (κ2) is 19.4. The molecule has 2 fully saturated rings. The van der Waals surface area contributed by atoms with Gasteiger partial charge in [0.2, 0.25) is 12.0 Å². The third kappa shape index (κ3) is 9.93. The zero-order valence-corrected chi connectivity index (χ0v) is 33.2. The summed E-state index contributed by atoms with van der Waals surface area (Å²) >= 11 is 0. The van der Waals surface area contributed by atoms with E-state index in [-0.39, 0.29) is 41.2 Å². The van der Waals surface area contributed by atoms with Crippen molar-refractivity contribution in [2.24, 2.45) is 0 Å². The lowest BCUT2D eigenvalue weighted by Gasteiger charge is -2.46. The van der Waals surface area contributed by atoms with Gasteiger partial charge in [0.25, 0.3) is 6.04 Å². The van der Waals surface area contributed by atoms with E-state index >= 15 is 0 Å². The van der Waals surface area contributed by atoms with E-state index in [1.54, 1.807) is 0 Å². The van der Waals surface area contributed by atoms with E-state index in [0.29, 0.717) is 5.56 Å². The molecule has 24 nitrogen and oxygen atoms in total. The zero-order chi connectivity index (χ0) is 46.7. The standard InChI is InChI=1S/C40H42N2O22/c1-59-24-10-15(2-4-22(24)44)3-5-27(46)62-33-31(50)30(49)32(38(57)58)63-40(33)64-34-29(48)28(47)26(14-43)61-39(34)60-25-12-17-11-21(37(55)56)42(20(17)13-23(25)45)7-6-16-8-18(35(51)52)41-19(9-16)36(53)54/h2-8,10,12-13,19,21,26,28-34,39-40,43,47-50H,9,11,14H2,1H3,(H6,44,45,46,51,52,53,54,55,56,57,58)/p+1/t19?,21-,26+,28+,29-,30-,31-,32-,33+,34+,39+,40-/m0/s1. The number of ether oxygens (including phenoxy) is 6. The predicted molar refractivity (Wildman–Crippen MR) is 207 cm³/mol. The fraction of sp³-hybridized carbons (Fsp3) is 0.400. The largest absolute Gasteiger partial charge is 0.504 e. The number of allylic oxidation sites excluding steroid dienone is 2. The summed E-state index contributed by atoms with van der Waals surface area (Å²) in [5.41, 5.74) is 0.490. The maximum Gasteiger partial charge on any atom is 0.373 e. The summed E-state index contributed by atoms with van der Waals surface area (Å²) in [6.07, 6.45) is -15.0. The van der Waals surface area contributed by atoms with Crippen molar-refractivity contribution in [2.45, 2.75) is 86.3 Å². The Kier molecular flexibility index (Phi) is 14.2. The number of aliphatic hydroxyl groups is 5. The number of rotatable bonds is 14. The Bertz CT molecular complexity index is 2290. The average molecular weight is 904 g/mol. The lowest BCUT2D eigenvalue weighted by molar-refractivity contribution is -0.456. The van der Waals surface area contributed by atoms with E-state index in [1.807, 2.05) is 0 Å². The lowest BCUT2D eigenvalue weighted by atomic mass is 9.97. The van der Waals surface area contributed by atoms with Crippen LogP contribution in [0.4, 0.5) is 5.69 Å². The van der Waals surface area contributed by atoms with Crippen LogP contribution in [0.15, 0.2) is 59.8 Å². The summed E-state index contributed by atoms with van der Waals surface area (Å²) in [6.45, 7) is -0.917. The Morgan fingerprint density at radius 2 is 1.55 bits per heavy atom. The number of fused-ring (bicyclic) bond motifs is 1. The van der Waals surface area contributed by atoms with Gasteiger partial charge in [-0.1, -0.05) is 6.07 Å². The summed E-state index contributed by atoms with van der Waals surface area (Å²) < 4.78 is 34.4. The van der Waals surface area contributed by atoms with E-state index in [9.17, 15) is 80.1 Å². The molecule has 4 aliphatic rings. The van der Waals surface area contributed by atoms with E-state index < -0.39 is 127 Å². The van der Waals surface area contributed by atoms with Crippen molar-refractivity contribution in [3.63, 3.8) is 0 Å². The van der Waals surface area contributed by atoms with Crippen molar-refractivity contribution in [3.8, 4) is 23.0 Å². The number of carboxylic acids is 4. The fourth-order valence-electron chi connectivity index (χ4n) is 7.28. The van der Waals surface area contributed by atoms with Crippen LogP contribution in [0.1, 0.15) is 17.5 Å². The van der Waals surface area contributed by atoms with Gasteiger partial charge in [0.15, 0.2) is 53.8 Å². The summed E-state index contributed by atoms with van der Waals surface area (Å²) in [4.78, 5) is 60.8. The highest BCUT2D eigenvalue weighted by atomic mass is 16.8. The topological polar surface area (TPSA) is 378 Å². The summed E-state index contributed by atoms with van der Waals surface area (Å²) in [6, 6.07) is 3.72. The number of hydrogen-bond donors (Lipinski definition) is 12. The lowest BCUT2D eigenvalue weighted by Crippen LogP contribution is -2.66. The summed E-state index contributed by atoms with van der Waals surface area (Å²) in [5.74, 6) is -8.35. The molecular formula is C40H43N2O22+. The number of esters is 1. The Hall–Kier alpha value is -6.64. The molecule has 0 radical (unpaired) electrons. The molecule has 24 heteroatoms. The van der Waals surface area contributed by atoms with Crippen molar-refractivity contribution in [3.05, 3.63) is 71.0 Å². The Morgan fingerprint density at radius 1 is 0.828 bits per heavy atom. The predicted octanol–water partition coefficient (Wildman–Crippen LogP) is -2.47. The van der Waals surface area contributed by atoms with Gasteiger partial charge in [0.05, 0.1) is 26.2 Å². The number of aromatic hydroxyl groups is 2. The van der Waals surface area contributed by atoms with Crippen LogP contribution in [0.5, 0.6) is 23.0 Å². The number of carbonyl (C=O) groups is 5. The second-order valence-corrected chi connectivity index (χ2v) is 14.7. The Balaban J connectivity index is 1.30. The van der Waals surface area contributed by atoms with Crippen LogP contribution in [0.25, 0.3) is 6.08 Å². The first kappa shape index (κ1) is 46.9. The van der Waals surface area contributed by atoms with Gasteiger partial charge in [-0.25, -0.2) is 24.0 Å². The first-order valence-corrected chi connectivity index (χ1v) is 19.1. The summed E-state index contributed by atoms with van der Waals surface area (Å²) in [7, 11) is 1.29. The van der Waals surface area contributed by atoms with Crippen LogP contribution in [0.2, 0.25) is 0 Å². The first-order chi connectivity index (χ1) is 30.3. The third-order valence-corrected chi connectivity index (χ3v) is 10.6. The van der Waals surface area contributed by atoms with Crippen LogP contribution >= 0.6 is 0 Å². The summed E-state index contributed by atoms with van der Waals surface area (Å²) in [5, 5.41) is 116. The first-order valence-electron chi connectivity index (χ1n) is 19.1. The van der Waals surface area contributed by atoms with Crippen molar-refractivity contribution < 1.29 is 113 Å². The molecule has 2 aromatic rings. The van der Waals surface area contributed by atoms with Crippen molar-refractivity contribution in [1.82, 2.24) is 5.32 Å². The molecular weight excluding hydrogens is 860 g/mol. The number of carboxylic acid groups (broad SMARTS) is 4. The minimum atomic E-state index is -2.22. The van der Waals surface area contributed by atoms with E-state index in [0.717, 1.165) is 12.1 Å². The number of nitrogens with zero attached hydrogens (tertiary/aromatic N) is 1. The van der Waals surface area contributed by atoms with Gasteiger partial charge >= 0.3 is 29.8 Å². The SMILES string of the molecule is COc1cc(/C=C/C(=O)O[C@H]2[C@H](O[C@H]3[C@H](Oc4cc5c(cc4O)[N+](=C/C=C4/C=C(C(=O)O)NC(C(=O)O)C4)[C@H](C(=O)O)C5)O[C@H](CO)[C@@H](O)[C@@H]3O)O[C@H](C(=O)O)[C@@H](O)[C@@H]2O)ccc1O. The molecule has 0 amide bonds. The number of carbonyl (C=O) groups excluding carboxylic acids is 1. The molecule has 2 aromatic carbocycles. The molecule has 12 N–H and O–H groups in total. The minimum Gasteiger partial charge on any atom is -0.504 e. The van der Waals surface area contributed by atoms with Gasteiger partial charge in [0.1, 0.15) is 42.3 Å². The van der Waals surface area contributed by atoms with Gasteiger partial charge in [0, 0.05) is 24.1 Å². The molecule has 0 bridgehead atoms. The molecule has 64 heavy (non-hydrogen) atoms. The third-order valence-electron chi connectivity index (χ3n) is 10.6. The van der Waals surface area contributed by atoms with Crippen LogP contribution in [-0.4, -0.2) is 184 Å². The van der Waals surface area contributed by atoms with Gasteiger partial charge < -0.3 is 89.9 Å². The maximum atomic E-state index is 13.0. The number of aliphatic carboxylic acids is 4. The van der Waals surface area contributed by atoms with Crippen molar-refractivity contribution in [2.75, 3.05) is 13.7 Å². The molecule has 4 heterocycles. The number of aliphatic hydroxyl groups excluding tert-OH is 5. The number of nitrogens with one attached hydrogen (secondary N) is 1. The maximum absolute atomic E-state index is 13.0. The number of hydrogen-bond acceptors (Lipinski definition) is 19. The zero-order valence-electron chi connectivity index (χ0n) is 33.2. The van der Waals surface area contributed by atoms with Crippen molar-refractivity contribution >= 4 is 47.8 Å². The minimum absolute atomic E-state index is 0.0630. The van der Waals surface area contributed by atoms with Gasteiger partial charge in [-0.2, -0.15) is 4.58 Å². The van der Waals surface area contributed by atoms with E-state index in [1.165, 1.54) is 60.4 Å². The average Bonchev–Trinajstić information content (AvgIpc) is 3.61. The second-order valence-electron chi connectivity index (χ2n) is 14.7. The number of methoxy groups -OCH3 is 1. The van der Waals surface area contributed by atoms with E-state index in [2.05, 4.69) is 5.32 Å². The highest BCUT2D eigenvalue weighted by Gasteiger charge is 2.54. The van der Waals surface area contributed by atoms with Crippen LogP contribution in [-0.2, 0) is 49.3 Å². The molecule has 0 saturated carbocycles. The highest BCUT2D eigenvalue weighted by Crippen LogP contribution is 2.41. The Morgan fingerprint density at radius 3 is 2.19 bits per heavy atom. The normalized spacial score (nSPS) is 31.4. The highest BCUT2D eigenvalue weighted by molar-refractivity contribution is 5.90. The Labute approximate surface area is 359 Å². The van der Waals surface area contributed by atoms with Crippen LogP contribution in [0, 0.1) is 0 Å². The molecule has 2 saturated heterocycles. The number of benzene rings is 2. The smallest absolute Gasteiger partial charge is 0.373 e. The number of phenolic OH excluding ortho intramolecular Hbond substituents is 2. The van der Waals surface area contributed by atoms with Gasteiger partial charge in [-0.3, -0.25) is 0 Å². The number of phenols is 2. The molecule has 0 spiro atoms. The van der Waals surface area contributed by atoms with Gasteiger partial charge in [-0.15, -0.1) is 0 Å². The molecule has 6 rings (SSSR count). The van der Waals surface area contributed by atoms with Gasteiger partial charge in [-0.05, 0) is 41.5 Å². The molecule has 12 atom stereocenters. The molecule has 344 valence electrons. The molecule has 0 aromatic heterocycles. The fourth-order valence-corrected chi connectivity index (χ4v) is 7.28. The van der Waals surface area contributed by atoms with E-state index in [4.69, 9.17) is 28.4 Å². The van der Waals surface area contributed by atoms with Crippen LogP contribution < -0.4 is 14.8 Å². The van der Waals surface area contributed by atoms with Crippen LogP contribution in [0.3, 0.4) is 0 Å². The molecule has 4 aliphatic heterocycles. The van der Waals surface area contributed by atoms with Crippen molar-refractivity contribution in [1.29, 1.82) is 0 Å². The molecule has 1 unspecified atom stereocenters. The molecule has 0 aliphatic carbocycles. The monoisotopic (exact) mass is 903 g/mol.